The molecule has 2 heteroatoms. The predicted octanol–water partition coefficient (Wildman–Crippen LogP) is 8.18. The third-order valence-electron chi connectivity index (χ3n) is 6.09. The van der Waals surface area contributed by atoms with Gasteiger partial charge in [0.2, 0.25) is 0 Å². The van der Waals surface area contributed by atoms with Crippen molar-refractivity contribution < 1.29 is 0 Å². The average Bonchev–Trinajstić information content (AvgIpc) is 3.18. The lowest BCUT2D eigenvalue weighted by molar-refractivity contribution is 1.18. The number of fused-ring (bicyclic) bond motifs is 3. The molecular formula is C31H26N2. The Hall–Kier alpha value is -4.30. The molecule has 0 aliphatic heterocycles. The van der Waals surface area contributed by atoms with Crippen molar-refractivity contribution in [2.45, 2.75) is 6.92 Å². The summed E-state index contributed by atoms with van der Waals surface area (Å²) in [5, 5.41) is 2.48. The molecule has 5 aromatic rings. The van der Waals surface area contributed by atoms with Gasteiger partial charge in [-0.1, -0.05) is 85.5 Å². The molecule has 0 unspecified atom stereocenters. The van der Waals surface area contributed by atoms with Crippen molar-refractivity contribution in [2.75, 3.05) is 5.73 Å². The van der Waals surface area contributed by atoms with E-state index in [0.29, 0.717) is 0 Å². The van der Waals surface area contributed by atoms with Gasteiger partial charge in [-0.3, -0.25) is 0 Å². The fraction of sp³-hybridized carbons (Fsp3) is 0.0323. The molecule has 1 heterocycles. The minimum absolute atomic E-state index is 0.778. The fourth-order valence-electron chi connectivity index (χ4n) is 4.48. The summed E-state index contributed by atoms with van der Waals surface area (Å²) in [6.07, 6.45) is 7.71. The minimum Gasteiger partial charge on any atom is -0.398 e. The molecule has 2 nitrogen and oxygen atoms in total. The van der Waals surface area contributed by atoms with Crippen molar-refractivity contribution in [1.29, 1.82) is 0 Å². The Morgan fingerprint density at radius 2 is 1.45 bits per heavy atom. The summed E-state index contributed by atoms with van der Waals surface area (Å²) in [5.41, 5.74) is 15.3. The number of nitrogens with zero attached hydrogens (tertiary/aromatic N) is 1. The number of nitrogen functional groups attached to an aromatic ring is 1. The van der Waals surface area contributed by atoms with E-state index < -0.39 is 0 Å². The van der Waals surface area contributed by atoms with Crippen LogP contribution in [0, 0.1) is 0 Å². The van der Waals surface area contributed by atoms with Gasteiger partial charge in [0.1, 0.15) is 0 Å². The molecule has 0 atom stereocenters. The largest absolute Gasteiger partial charge is 0.398 e. The molecule has 0 radical (unpaired) electrons. The summed E-state index contributed by atoms with van der Waals surface area (Å²) in [6.45, 7) is 5.78. The molecule has 33 heavy (non-hydrogen) atoms. The maximum Gasteiger partial charge on any atom is 0.0541 e. The lowest BCUT2D eigenvalue weighted by Gasteiger charge is -2.10. The van der Waals surface area contributed by atoms with Crippen molar-refractivity contribution in [3.8, 4) is 16.8 Å². The Morgan fingerprint density at radius 1 is 0.758 bits per heavy atom. The topological polar surface area (TPSA) is 30.9 Å². The fourth-order valence-corrected chi connectivity index (χ4v) is 4.48. The van der Waals surface area contributed by atoms with Crippen molar-refractivity contribution in [3.63, 3.8) is 0 Å². The van der Waals surface area contributed by atoms with E-state index in [1.54, 1.807) is 6.08 Å². The van der Waals surface area contributed by atoms with Crippen LogP contribution >= 0.6 is 0 Å². The van der Waals surface area contributed by atoms with Crippen LogP contribution in [0.3, 0.4) is 0 Å². The predicted molar refractivity (Wildman–Crippen MR) is 144 cm³/mol. The normalized spacial score (nSPS) is 12.1. The van der Waals surface area contributed by atoms with Crippen LogP contribution in [0.4, 0.5) is 5.69 Å². The van der Waals surface area contributed by atoms with Crippen LogP contribution in [0.1, 0.15) is 12.5 Å². The Kier molecular flexibility index (Phi) is 5.42. The molecule has 160 valence electrons. The first-order chi connectivity index (χ1) is 16.2. The SMILES string of the molecule is C=C/C=C\C=C(/C)c1ccc(-c2ccc3c(c2)c2ccccc2n3-c2ccccc2)cc1N. The van der Waals surface area contributed by atoms with Crippen LogP contribution in [-0.4, -0.2) is 4.57 Å². The van der Waals surface area contributed by atoms with Gasteiger partial charge in [-0.25, -0.2) is 0 Å². The zero-order valence-corrected chi connectivity index (χ0v) is 18.7. The Morgan fingerprint density at radius 3 is 2.24 bits per heavy atom. The van der Waals surface area contributed by atoms with Crippen LogP contribution in [0.2, 0.25) is 0 Å². The Labute approximate surface area is 194 Å². The highest BCUT2D eigenvalue weighted by Crippen LogP contribution is 2.35. The highest BCUT2D eigenvalue weighted by atomic mass is 15.0. The van der Waals surface area contributed by atoms with Crippen LogP contribution in [0.5, 0.6) is 0 Å². The molecule has 2 N–H and O–H groups in total. The number of benzene rings is 4. The van der Waals surface area contributed by atoms with Gasteiger partial charge in [-0.15, -0.1) is 0 Å². The molecular weight excluding hydrogens is 400 g/mol. The molecule has 4 aromatic carbocycles. The van der Waals surface area contributed by atoms with Crippen LogP contribution in [0.15, 0.2) is 122 Å². The number of nitrogens with two attached hydrogens (primary N) is 1. The number of hydrogen-bond acceptors (Lipinski definition) is 1. The highest BCUT2D eigenvalue weighted by molar-refractivity contribution is 6.10. The molecule has 1 aromatic heterocycles. The molecule has 0 bridgehead atoms. The van der Waals surface area contributed by atoms with E-state index in [1.165, 1.54) is 21.8 Å². The van der Waals surface area contributed by atoms with E-state index >= 15 is 0 Å². The van der Waals surface area contributed by atoms with Crippen molar-refractivity contribution in [1.82, 2.24) is 4.57 Å². The molecule has 0 aliphatic carbocycles. The number of hydrogen-bond donors (Lipinski definition) is 1. The summed E-state index contributed by atoms with van der Waals surface area (Å²) in [5.74, 6) is 0. The number of allylic oxidation sites excluding steroid dienone is 5. The summed E-state index contributed by atoms with van der Waals surface area (Å²) in [4.78, 5) is 0. The van der Waals surface area contributed by atoms with Gasteiger partial charge in [0.05, 0.1) is 11.0 Å². The van der Waals surface area contributed by atoms with Crippen molar-refractivity contribution in [2.24, 2.45) is 0 Å². The number of para-hydroxylation sites is 2. The van der Waals surface area contributed by atoms with Gasteiger partial charge in [-0.05, 0) is 60.0 Å². The molecule has 0 saturated heterocycles. The molecule has 0 saturated carbocycles. The van der Waals surface area contributed by atoms with Crippen molar-refractivity contribution in [3.05, 3.63) is 127 Å². The maximum absolute atomic E-state index is 6.46. The van der Waals surface area contributed by atoms with E-state index in [1.807, 2.05) is 12.2 Å². The first kappa shape index (κ1) is 20.6. The first-order valence-corrected chi connectivity index (χ1v) is 11.1. The van der Waals surface area contributed by atoms with E-state index in [9.17, 15) is 0 Å². The molecule has 5 rings (SSSR count). The molecule has 0 fully saturated rings. The van der Waals surface area contributed by atoms with Gasteiger partial charge in [0, 0.05) is 27.7 Å². The second kappa shape index (κ2) is 8.68. The lowest BCUT2D eigenvalue weighted by atomic mass is 9.97. The van der Waals surface area contributed by atoms with Crippen LogP contribution in [-0.2, 0) is 0 Å². The Bertz CT molecular complexity index is 1530. The van der Waals surface area contributed by atoms with E-state index in [4.69, 9.17) is 5.73 Å². The summed E-state index contributed by atoms with van der Waals surface area (Å²) < 4.78 is 2.33. The van der Waals surface area contributed by atoms with E-state index in [-0.39, 0.29) is 0 Å². The molecule has 0 spiro atoms. The zero-order valence-electron chi connectivity index (χ0n) is 18.7. The molecule has 0 aliphatic rings. The summed E-state index contributed by atoms with van der Waals surface area (Å²) in [7, 11) is 0. The van der Waals surface area contributed by atoms with Crippen molar-refractivity contribution >= 4 is 33.1 Å². The van der Waals surface area contributed by atoms with Gasteiger partial charge < -0.3 is 10.3 Å². The van der Waals surface area contributed by atoms with E-state index in [0.717, 1.165) is 33.6 Å². The summed E-state index contributed by atoms with van der Waals surface area (Å²) in [6, 6.07) is 32.1. The highest BCUT2D eigenvalue weighted by Gasteiger charge is 2.13. The second-order valence-electron chi connectivity index (χ2n) is 8.19. The number of anilines is 1. The van der Waals surface area contributed by atoms with Crippen LogP contribution in [0.25, 0.3) is 44.2 Å². The monoisotopic (exact) mass is 426 g/mol. The number of aromatic nitrogens is 1. The third kappa shape index (κ3) is 3.77. The molecule has 0 amide bonds. The smallest absolute Gasteiger partial charge is 0.0541 e. The lowest BCUT2D eigenvalue weighted by Crippen LogP contribution is -1.94. The minimum atomic E-state index is 0.778. The van der Waals surface area contributed by atoms with Gasteiger partial charge in [0.15, 0.2) is 0 Å². The summed E-state index contributed by atoms with van der Waals surface area (Å²) >= 11 is 0. The standard InChI is InChI=1S/C31H26N2/c1-3-4-6-11-22(2)26-18-16-24(21-29(26)32)23-17-19-31-28(20-23)27-14-9-10-15-30(27)33(31)25-12-7-5-8-13-25/h3-21H,1,32H2,2H3/b6-4-,22-11+. The van der Waals surface area contributed by atoms with Gasteiger partial charge >= 0.3 is 0 Å². The number of rotatable bonds is 5. The van der Waals surface area contributed by atoms with Gasteiger partial charge in [0.25, 0.3) is 0 Å². The average molecular weight is 427 g/mol. The zero-order chi connectivity index (χ0) is 22.8. The van der Waals surface area contributed by atoms with Crippen LogP contribution < -0.4 is 5.73 Å². The second-order valence-corrected chi connectivity index (χ2v) is 8.19. The first-order valence-electron chi connectivity index (χ1n) is 11.1. The third-order valence-corrected chi connectivity index (χ3v) is 6.09. The Balaban J connectivity index is 1.63. The van der Waals surface area contributed by atoms with E-state index in [2.05, 4.69) is 115 Å². The van der Waals surface area contributed by atoms with Gasteiger partial charge in [-0.2, -0.15) is 0 Å². The quantitative estimate of drug-likeness (QED) is 0.223. The maximum atomic E-state index is 6.46.